The maximum atomic E-state index is 14.2. The molecule has 15 amide bonds. The zero-order valence-corrected chi connectivity index (χ0v) is 87.4. The van der Waals surface area contributed by atoms with Gasteiger partial charge in [0.25, 0.3) is 20.2 Å². The predicted molar refractivity (Wildman–Crippen MR) is 537 cm³/mol. The number of benzene rings is 2. The Bertz CT molecular complexity index is 5520. The van der Waals surface area contributed by atoms with Crippen LogP contribution in [0.3, 0.4) is 0 Å². The molecule has 3 aliphatic heterocycles. The van der Waals surface area contributed by atoms with Crippen LogP contribution >= 0.6 is 11.8 Å². The van der Waals surface area contributed by atoms with Crippen molar-refractivity contribution < 1.29 is 161 Å². The molecule has 0 aliphatic carbocycles. The normalized spacial score (nSPS) is 16.1. The van der Waals surface area contributed by atoms with Gasteiger partial charge in [-0.05, 0) is 172 Å². The van der Waals surface area contributed by atoms with E-state index >= 15 is 0 Å². The molecule has 149 heavy (non-hydrogen) atoms. The van der Waals surface area contributed by atoms with Gasteiger partial charge >= 0.3 is 29.8 Å². The SMILES string of the molecule is CC[N+]1=C(/C=C/C=C/C=C2/N(CCCCCC(=O)NCCCC[C@@H](NC(=O)[C@@H](CCC(=O)O)NC(=O)[C@@H](CCC(=O)O)NC(=O)[C@@H](CCC(=O)O)NC(=O)[C@@H](CCC(=O)O)NC(=O)[C@@H](CCC(=O)O)NC(=O)COCCNC(=O)CNC(=O)[C@H](C)NC(=O)[C@H](CSC)NC(=O)CNC(=O)[C@H](CC(C)C)NC(=O)[C@@H]3CCCN3C(=O)COCCNC)C(N)=O)c3ccc(S(=O)(=O)O)cc3C2(C)C)C(C)(C)c2cc(S(=O)(=O)O)ccc21. The summed E-state index contributed by atoms with van der Waals surface area (Å²) in [6.45, 7) is 13.6. The summed E-state index contributed by atoms with van der Waals surface area (Å²) in [4.78, 5) is 265. The van der Waals surface area contributed by atoms with Crippen molar-refractivity contribution in [2.45, 2.75) is 265 Å². The van der Waals surface area contributed by atoms with Gasteiger partial charge in [0.2, 0.25) is 94.3 Å². The summed E-state index contributed by atoms with van der Waals surface area (Å²) in [6, 6.07) is -6.94. The number of nitrogens with two attached hydrogens (primary N) is 1. The number of carbonyl (C=O) groups excluding carboxylic acids is 15. The van der Waals surface area contributed by atoms with Crippen LogP contribution in [0.1, 0.15) is 195 Å². The summed E-state index contributed by atoms with van der Waals surface area (Å²) in [7, 11) is -7.32. The van der Waals surface area contributed by atoms with Crippen LogP contribution in [0.25, 0.3) is 0 Å². The average molecular weight is 2160 g/mol. The molecule has 2 aromatic carbocycles. The number of thioether (sulfide) groups is 1. The summed E-state index contributed by atoms with van der Waals surface area (Å²) >= 11 is 1.16. The van der Waals surface area contributed by atoms with E-state index in [1.54, 1.807) is 25.4 Å². The highest BCUT2D eigenvalue weighted by atomic mass is 32.2. The van der Waals surface area contributed by atoms with E-state index in [-0.39, 0.29) is 91.7 Å². The topological polar surface area (TPSA) is 774 Å². The van der Waals surface area contributed by atoms with Crippen molar-refractivity contribution in [2.24, 2.45) is 11.7 Å². The molecule has 0 radical (unpaired) electrons. The number of hydrogen-bond acceptors (Lipinski definition) is 29. The van der Waals surface area contributed by atoms with Gasteiger partial charge in [0, 0.05) is 112 Å². The lowest BCUT2D eigenvalue weighted by atomic mass is 9.81. The Hall–Kier alpha value is -13.4. The van der Waals surface area contributed by atoms with Crippen molar-refractivity contribution in [3.8, 4) is 0 Å². The molecule has 826 valence electrons. The average Bonchev–Trinajstić information content (AvgIpc) is 1.59. The number of hydrogen-bond donors (Lipinski definition) is 22. The van der Waals surface area contributed by atoms with Crippen LogP contribution in [-0.2, 0) is 136 Å². The van der Waals surface area contributed by atoms with Crippen molar-refractivity contribution >= 4 is 168 Å². The van der Waals surface area contributed by atoms with E-state index in [0.29, 0.717) is 75.1 Å². The van der Waals surface area contributed by atoms with Gasteiger partial charge < -0.3 is 125 Å². The number of carboxylic acids is 5. The minimum atomic E-state index is -4.58. The number of anilines is 1. The molecule has 1 fully saturated rings. The maximum absolute atomic E-state index is 14.2. The van der Waals surface area contributed by atoms with Crippen LogP contribution < -0.4 is 85.1 Å². The van der Waals surface area contributed by atoms with E-state index in [0.717, 1.165) is 28.9 Å². The lowest BCUT2D eigenvalue weighted by Crippen LogP contribution is -2.59. The predicted octanol–water partition coefficient (Wildman–Crippen LogP) is -1.59. The zero-order chi connectivity index (χ0) is 111. The van der Waals surface area contributed by atoms with Gasteiger partial charge in [0.05, 0.1) is 41.5 Å². The summed E-state index contributed by atoms with van der Waals surface area (Å²) in [5, 5.41) is 82.1. The van der Waals surface area contributed by atoms with Crippen molar-refractivity contribution in [3.63, 3.8) is 0 Å². The van der Waals surface area contributed by atoms with Crippen LogP contribution in [0.5, 0.6) is 0 Å². The first-order chi connectivity index (χ1) is 70.1. The smallest absolute Gasteiger partial charge is 0.303 e. The molecule has 3 heterocycles. The Morgan fingerprint density at radius 3 is 1.49 bits per heavy atom. The lowest BCUT2D eigenvalue weighted by molar-refractivity contribution is -0.433. The first-order valence-electron chi connectivity index (χ1n) is 48.6. The molecule has 0 unspecified atom stereocenters. The van der Waals surface area contributed by atoms with Crippen LogP contribution in [0, 0.1) is 5.92 Å². The van der Waals surface area contributed by atoms with E-state index in [4.69, 9.17) is 15.2 Å². The molecule has 1 saturated heterocycles. The Labute approximate surface area is 866 Å². The molecule has 10 atom stereocenters. The highest BCUT2D eigenvalue weighted by Gasteiger charge is 2.46. The number of unbranched alkanes of at least 4 members (excludes halogenated alkanes) is 3. The third kappa shape index (κ3) is 42.3. The molecule has 51 nitrogen and oxygen atoms in total. The molecule has 54 heteroatoms. The number of carbonyl (C=O) groups is 20. The monoisotopic (exact) mass is 2160 g/mol. The van der Waals surface area contributed by atoms with Gasteiger partial charge in [0.1, 0.15) is 80.2 Å². The fourth-order valence-corrected chi connectivity index (χ4v) is 18.0. The molecule has 0 saturated carbocycles. The van der Waals surface area contributed by atoms with Crippen molar-refractivity contribution in [1.82, 2.24) is 79.3 Å². The number of likely N-dealkylation sites (N-methyl/N-ethyl adjacent to an activating group) is 1. The van der Waals surface area contributed by atoms with E-state index in [1.807, 2.05) is 88.3 Å². The minimum Gasteiger partial charge on any atom is -0.481 e. The second-order valence-electron chi connectivity index (χ2n) is 37.0. The van der Waals surface area contributed by atoms with Gasteiger partial charge in [-0.25, -0.2) is 0 Å². The number of amides is 15. The largest absolute Gasteiger partial charge is 0.481 e. The number of likely N-dealkylation sites (tertiary alicyclic amines) is 1. The van der Waals surface area contributed by atoms with Gasteiger partial charge in [-0.3, -0.25) is 105 Å². The van der Waals surface area contributed by atoms with Gasteiger partial charge in [-0.15, -0.1) is 0 Å². The Morgan fingerprint density at radius 2 is 0.980 bits per heavy atom. The molecule has 2 aromatic rings. The Balaban J connectivity index is 1.12. The van der Waals surface area contributed by atoms with E-state index < -0.39 is 289 Å². The number of ether oxygens (including phenoxy) is 2. The number of nitrogens with one attached hydrogen (secondary N) is 14. The van der Waals surface area contributed by atoms with Gasteiger partial charge in [-0.1, -0.05) is 52.3 Å². The molecular weight excluding hydrogens is 2020 g/mol. The number of allylic oxidation sites excluding steroid dienone is 6. The van der Waals surface area contributed by atoms with E-state index in [9.17, 15) is 147 Å². The van der Waals surface area contributed by atoms with E-state index in [2.05, 4.69) is 74.4 Å². The van der Waals surface area contributed by atoms with E-state index in [1.165, 1.54) is 36.1 Å². The highest BCUT2D eigenvalue weighted by Crippen LogP contribution is 2.49. The molecule has 0 bridgehead atoms. The molecule has 5 rings (SSSR count). The molecule has 3 aliphatic rings. The fourth-order valence-electron chi connectivity index (χ4n) is 16.5. The van der Waals surface area contributed by atoms with Gasteiger partial charge in [0.15, 0.2) is 5.71 Å². The molecule has 23 N–H and O–H groups in total. The third-order valence-electron chi connectivity index (χ3n) is 24.3. The van der Waals surface area contributed by atoms with Crippen LogP contribution in [0.4, 0.5) is 11.4 Å². The lowest BCUT2D eigenvalue weighted by Gasteiger charge is -2.27. The molecular formula is C95H141N18O33S3+. The Morgan fingerprint density at radius 1 is 0.497 bits per heavy atom. The first-order valence-corrected chi connectivity index (χ1v) is 52.8. The summed E-state index contributed by atoms with van der Waals surface area (Å²) < 4.78 is 81.4. The van der Waals surface area contributed by atoms with Crippen LogP contribution in [0.15, 0.2) is 82.3 Å². The number of carboxylic acid groups (broad SMARTS) is 5. The number of nitrogens with zero attached hydrogens (tertiary/aromatic N) is 3. The number of rotatable bonds is 69. The Kier molecular flexibility index (Phi) is 52.0. The quantitative estimate of drug-likeness (QED) is 0.0154. The summed E-state index contributed by atoms with van der Waals surface area (Å²) in [6.07, 6.45) is 5.56. The van der Waals surface area contributed by atoms with Crippen molar-refractivity contribution in [2.75, 3.05) is 103 Å². The fraction of sp³-hybridized carbons (Fsp3) is 0.589. The van der Waals surface area contributed by atoms with Crippen molar-refractivity contribution in [1.29, 1.82) is 0 Å². The zero-order valence-electron chi connectivity index (χ0n) is 84.9. The van der Waals surface area contributed by atoms with Crippen LogP contribution in [-0.4, -0.2) is 343 Å². The van der Waals surface area contributed by atoms with Crippen LogP contribution in [0.2, 0.25) is 0 Å². The number of fused-ring (bicyclic) bond motifs is 2. The maximum Gasteiger partial charge on any atom is 0.303 e. The van der Waals surface area contributed by atoms with Gasteiger partial charge in [-0.2, -0.15) is 33.2 Å². The standard InChI is InChI=1S/C95H140N18O33S3/c1-11-111-69-33-26-57(148(139,140)141)48-59(69)94(5,6)72(111)23-14-12-15-24-73-95(7,8)60-49-58(149(142,143)144)27-34-70(60)112(73)43-19-13-16-25-74(114)98-40-18-17-21-61(84(96)129)105-88(133)63(29-36-80(121)122)107-90(135)65(31-38-82(125)126)109-91(136)66(32-39-83(127)128)108-89(134)64(30-37-81(123)124)106-87(132)62(28-35-79(119)120)103-77(117)52-145-46-42-99-75(115)50-100-85(130)56(4)102-92(137)68(54-147-10)104-76(116)51-101-86(131)67(47-55(2)3)110-93(138)71-22-20-44-113(71)78(118)53-146-45-41-97-9/h12,14-15,23-24,26-27,33-34,48-49,55-56,61-68,71,97H,11,13,16-22,25,28-32,35-47,50-54H2,1-10H3,(H21-,96,98,99,100,101,102,103,104,105,106,107,108,109,110,114,115,116,117,119,120,121,122,123,124,125,126,127,128,129,130,131,132,133,134,135,136,137,138,139,140,141,142,143,144)/p+1/t56-,61+,62+,63+,64+,65+,66+,67-,68-,71-/m0/s1. The minimum absolute atomic E-state index is 0.00379. The second kappa shape index (κ2) is 61.5. The highest BCUT2D eigenvalue weighted by molar-refractivity contribution is 7.98. The van der Waals surface area contributed by atoms with Crippen molar-refractivity contribution in [3.05, 3.63) is 83.6 Å². The molecule has 0 aromatic heterocycles. The summed E-state index contributed by atoms with van der Waals surface area (Å²) in [5.74, 6) is -21.9. The second-order valence-corrected chi connectivity index (χ2v) is 40.8. The molecule has 0 spiro atoms. The summed E-state index contributed by atoms with van der Waals surface area (Å²) in [5.41, 5.74) is 8.75. The number of primary amides is 1. The number of aliphatic carboxylic acids is 5. The first kappa shape index (κ1) is 126. The third-order valence-corrected chi connectivity index (χ3v) is 26.7.